The number of rotatable bonds is 8. The molecule has 0 heterocycles. The number of benzene rings is 3. The third kappa shape index (κ3) is 5.85. The van der Waals surface area contributed by atoms with Gasteiger partial charge in [0, 0.05) is 0 Å². The van der Waals surface area contributed by atoms with Gasteiger partial charge in [0.15, 0.2) is 0 Å². The second kappa shape index (κ2) is 10.3. The summed E-state index contributed by atoms with van der Waals surface area (Å²) in [6.07, 6.45) is 0. The summed E-state index contributed by atoms with van der Waals surface area (Å²) < 4.78 is 21.6. The number of carbonyl (C=O) groups excluding carboxylic acids is 2. The van der Waals surface area contributed by atoms with Crippen molar-refractivity contribution in [3.63, 3.8) is 0 Å². The van der Waals surface area contributed by atoms with E-state index >= 15 is 0 Å². The summed E-state index contributed by atoms with van der Waals surface area (Å²) >= 11 is 0. The molecule has 3 aromatic carbocycles. The van der Waals surface area contributed by atoms with Gasteiger partial charge in [-0.1, -0.05) is 0 Å². The van der Waals surface area contributed by atoms with Crippen LogP contribution in [0, 0.1) is 6.92 Å². The van der Waals surface area contributed by atoms with E-state index in [-0.39, 0.29) is 0 Å². The van der Waals surface area contributed by atoms with Gasteiger partial charge in [-0.15, -0.1) is 0 Å². The minimum Gasteiger partial charge on any atom is -0.494 e. The second-order valence-corrected chi connectivity index (χ2v) is 6.62. The molecule has 0 N–H and O–H groups in total. The predicted molar refractivity (Wildman–Crippen MR) is 116 cm³/mol. The van der Waals surface area contributed by atoms with Crippen molar-refractivity contribution in [2.75, 3.05) is 13.2 Å². The van der Waals surface area contributed by atoms with Crippen molar-refractivity contribution in [3.8, 4) is 23.0 Å². The zero-order valence-corrected chi connectivity index (χ0v) is 17.7. The molecule has 0 saturated heterocycles. The van der Waals surface area contributed by atoms with E-state index in [1.807, 2.05) is 13.8 Å². The normalized spacial score (nSPS) is 10.3. The minimum absolute atomic E-state index is 0.359. The van der Waals surface area contributed by atoms with Crippen molar-refractivity contribution in [1.29, 1.82) is 0 Å². The Hall–Kier alpha value is -3.80. The molecule has 3 rings (SSSR count). The van der Waals surface area contributed by atoms with Crippen molar-refractivity contribution < 1.29 is 28.5 Å². The molecular formula is C25H24O6. The van der Waals surface area contributed by atoms with Crippen LogP contribution in [0.2, 0.25) is 0 Å². The molecule has 0 aromatic heterocycles. The lowest BCUT2D eigenvalue weighted by atomic mass is 10.2. The average molecular weight is 420 g/mol. The van der Waals surface area contributed by atoms with E-state index in [9.17, 15) is 9.59 Å². The van der Waals surface area contributed by atoms with Crippen molar-refractivity contribution in [2.45, 2.75) is 20.8 Å². The fourth-order valence-electron chi connectivity index (χ4n) is 2.83. The van der Waals surface area contributed by atoms with E-state index in [1.165, 1.54) is 0 Å². The predicted octanol–water partition coefficient (Wildman–Crippen LogP) is 5.23. The first-order valence-corrected chi connectivity index (χ1v) is 10.0. The Kier molecular flexibility index (Phi) is 7.27. The van der Waals surface area contributed by atoms with E-state index < -0.39 is 11.9 Å². The molecule has 0 radical (unpaired) electrons. The molecule has 0 saturated carbocycles. The van der Waals surface area contributed by atoms with Crippen molar-refractivity contribution in [2.24, 2.45) is 0 Å². The summed E-state index contributed by atoms with van der Waals surface area (Å²) in [7, 11) is 0. The van der Waals surface area contributed by atoms with Crippen molar-refractivity contribution >= 4 is 11.9 Å². The number of carbonyl (C=O) groups is 2. The third-order valence-electron chi connectivity index (χ3n) is 4.36. The quantitative estimate of drug-likeness (QED) is 0.367. The van der Waals surface area contributed by atoms with Gasteiger partial charge in [-0.05, 0) is 93.1 Å². The molecular weight excluding hydrogens is 396 g/mol. The molecule has 0 bridgehead atoms. The highest BCUT2D eigenvalue weighted by Crippen LogP contribution is 2.25. The average Bonchev–Trinajstić information content (AvgIpc) is 2.77. The van der Waals surface area contributed by atoms with Gasteiger partial charge in [-0.2, -0.15) is 0 Å². The maximum atomic E-state index is 12.4. The lowest BCUT2D eigenvalue weighted by molar-refractivity contribution is 0.0718. The maximum Gasteiger partial charge on any atom is 0.343 e. The lowest BCUT2D eigenvalue weighted by Crippen LogP contribution is -2.10. The van der Waals surface area contributed by atoms with Crippen LogP contribution in [0.5, 0.6) is 23.0 Å². The smallest absolute Gasteiger partial charge is 0.343 e. The van der Waals surface area contributed by atoms with E-state index in [1.54, 1.807) is 73.7 Å². The first-order chi connectivity index (χ1) is 15.0. The van der Waals surface area contributed by atoms with Crippen LogP contribution in [0.25, 0.3) is 0 Å². The van der Waals surface area contributed by atoms with Crippen molar-refractivity contribution in [1.82, 2.24) is 0 Å². The fraction of sp³-hybridized carbons (Fsp3) is 0.200. The van der Waals surface area contributed by atoms with Gasteiger partial charge in [-0.25, -0.2) is 9.59 Å². The molecule has 0 amide bonds. The fourth-order valence-corrected chi connectivity index (χ4v) is 2.83. The Balaban J connectivity index is 1.63. The Labute approximate surface area is 181 Å². The van der Waals surface area contributed by atoms with Crippen LogP contribution in [0.15, 0.2) is 66.7 Å². The zero-order valence-electron chi connectivity index (χ0n) is 17.7. The van der Waals surface area contributed by atoms with E-state index in [0.29, 0.717) is 52.9 Å². The molecule has 31 heavy (non-hydrogen) atoms. The van der Waals surface area contributed by atoms with Gasteiger partial charge in [0.1, 0.15) is 23.0 Å². The van der Waals surface area contributed by atoms with Gasteiger partial charge >= 0.3 is 11.9 Å². The number of hydrogen-bond acceptors (Lipinski definition) is 6. The summed E-state index contributed by atoms with van der Waals surface area (Å²) in [5.41, 5.74) is 1.48. The van der Waals surface area contributed by atoms with Crippen LogP contribution in [-0.4, -0.2) is 25.2 Å². The van der Waals surface area contributed by atoms with Crippen LogP contribution < -0.4 is 18.9 Å². The van der Waals surface area contributed by atoms with Crippen molar-refractivity contribution in [3.05, 3.63) is 83.4 Å². The maximum absolute atomic E-state index is 12.4. The van der Waals surface area contributed by atoms with Crippen LogP contribution in [0.3, 0.4) is 0 Å². The van der Waals surface area contributed by atoms with Crippen LogP contribution >= 0.6 is 0 Å². The number of aryl methyl sites for hydroxylation is 1. The molecule has 3 aromatic rings. The Bertz CT molecular complexity index is 1040. The van der Waals surface area contributed by atoms with Crippen LogP contribution in [0.4, 0.5) is 0 Å². The zero-order chi connectivity index (χ0) is 22.2. The third-order valence-corrected chi connectivity index (χ3v) is 4.36. The van der Waals surface area contributed by atoms with Gasteiger partial charge in [-0.3, -0.25) is 0 Å². The number of hydrogen-bond donors (Lipinski definition) is 0. The molecule has 0 fully saturated rings. The molecule has 6 nitrogen and oxygen atoms in total. The molecule has 6 heteroatoms. The topological polar surface area (TPSA) is 71.1 Å². The minimum atomic E-state index is -0.485. The Morgan fingerprint density at radius 2 is 1.10 bits per heavy atom. The van der Waals surface area contributed by atoms with E-state index in [2.05, 4.69) is 0 Å². The molecule has 0 unspecified atom stereocenters. The van der Waals surface area contributed by atoms with E-state index in [4.69, 9.17) is 18.9 Å². The molecule has 0 aliphatic rings. The summed E-state index contributed by atoms with van der Waals surface area (Å²) in [6, 6.07) is 18.3. The highest BCUT2D eigenvalue weighted by atomic mass is 16.5. The van der Waals surface area contributed by atoms with Gasteiger partial charge in [0.05, 0.1) is 24.3 Å². The first kappa shape index (κ1) is 21.9. The number of ether oxygens (including phenoxy) is 4. The summed E-state index contributed by atoms with van der Waals surface area (Å²) in [4.78, 5) is 24.8. The van der Waals surface area contributed by atoms with E-state index in [0.717, 1.165) is 0 Å². The Morgan fingerprint density at radius 1 is 0.645 bits per heavy atom. The Morgan fingerprint density at radius 3 is 1.55 bits per heavy atom. The molecule has 0 spiro atoms. The molecule has 0 aliphatic heterocycles. The molecule has 0 atom stereocenters. The molecule has 160 valence electrons. The second-order valence-electron chi connectivity index (χ2n) is 6.62. The highest BCUT2D eigenvalue weighted by molar-refractivity contribution is 5.92. The summed E-state index contributed by atoms with van der Waals surface area (Å²) in [5.74, 6) is 1.16. The SMILES string of the molecule is CCOc1ccc(C(=O)Oc2ccc(OC(=O)c3ccc(OCC)cc3)c(C)c2)cc1. The monoisotopic (exact) mass is 420 g/mol. The van der Waals surface area contributed by atoms with Gasteiger partial charge in [0.25, 0.3) is 0 Å². The first-order valence-electron chi connectivity index (χ1n) is 10.0. The lowest BCUT2D eigenvalue weighted by Gasteiger charge is -2.10. The number of esters is 2. The highest BCUT2D eigenvalue weighted by Gasteiger charge is 2.13. The van der Waals surface area contributed by atoms with Gasteiger partial charge in [0.2, 0.25) is 0 Å². The summed E-state index contributed by atoms with van der Waals surface area (Å²) in [5, 5.41) is 0. The van der Waals surface area contributed by atoms with Crippen LogP contribution in [0.1, 0.15) is 40.1 Å². The largest absolute Gasteiger partial charge is 0.494 e. The molecule has 0 aliphatic carbocycles. The summed E-state index contributed by atoms with van der Waals surface area (Å²) in [6.45, 7) is 6.67. The standard InChI is InChI=1S/C25H24O6/c1-4-28-20-10-6-18(7-11-20)24(26)30-22-14-15-23(17(3)16-22)31-25(27)19-8-12-21(13-9-19)29-5-2/h6-16H,4-5H2,1-3H3. The van der Waals surface area contributed by atoms with Crippen LogP contribution in [-0.2, 0) is 0 Å². The van der Waals surface area contributed by atoms with Gasteiger partial charge < -0.3 is 18.9 Å².